The molecule has 6 atom stereocenters. The normalized spacial score (nSPS) is 24.8. The number of nitrogens with zero attached hydrogens (tertiary/aromatic N) is 1. The van der Waals surface area contributed by atoms with Gasteiger partial charge < -0.3 is 23.4 Å². The van der Waals surface area contributed by atoms with Crippen LogP contribution in [0.2, 0.25) is 18.1 Å². The Kier molecular flexibility index (Phi) is 11.4. The second-order valence-corrected chi connectivity index (χ2v) is 16.4. The summed E-state index contributed by atoms with van der Waals surface area (Å²) in [6.45, 7) is 20.8. The van der Waals surface area contributed by atoms with E-state index in [1.807, 2.05) is 6.92 Å². The average Bonchev–Trinajstić information content (AvgIpc) is 2.84. The second kappa shape index (κ2) is 13.7. The Balaban J connectivity index is 2.28. The fourth-order valence-corrected chi connectivity index (χ4v) is 6.13. The number of ether oxygens (including phenoxy) is 4. The number of carbonyl (C=O) groups is 5. The van der Waals surface area contributed by atoms with Crippen molar-refractivity contribution in [2.75, 3.05) is 19.8 Å². The van der Waals surface area contributed by atoms with E-state index in [0.29, 0.717) is 17.7 Å². The van der Waals surface area contributed by atoms with E-state index in [-0.39, 0.29) is 36.7 Å². The molecule has 0 aromatic heterocycles. The van der Waals surface area contributed by atoms with E-state index in [0.717, 1.165) is 0 Å². The topological polar surface area (TPSA) is 135 Å². The lowest BCUT2D eigenvalue weighted by Gasteiger charge is -2.50. The molecule has 0 aromatic rings. The number of imide groups is 1. The number of β-lactam (4-membered cyclic amide) rings is 1. The summed E-state index contributed by atoms with van der Waals surface area (Å²) in [5.74, 6) is -5.18. The lowest BCUT2D eigenvalue weighted by molar-refractivity contribution is -0.193. The van der Waals surface area contributed by atoms with Crippen LogP contribution in [0.1, 0.15) is 47.5 Å². The van der Waals surface area contributed by atoms with Crippen molar-refractivity contribution >= 4 is 38.0 Å². The van der Waals surface area contributed by atoms with Crippen LogP contribution in [-0.4, -0.2) is 87.1 Å². The largest absolute Gasteiger partial charge is 0.508 e. The molecule has 2 heterocycles. The summed E-state index contributed by atoms with van der Waals surface area (Å²) in [6, 6.07) is -1.18. The number of esters is 1. The van der Waals surface area contributed by atoms with Crippen molar-refractivity contribution in [2.24, 2.45) is 11.8 Å². The first kappa shape index (κ1) is 33.4. The predicted molar refractivity (Wildman–Crippen MR) is 148 cm³/mol. The molecule has 0 bridgehead atoms. The molecule has 11 nitrogen and oxygen atoms in total. The minimum absolute atomic E-state index is 0.00692. The van der Waals surface area contributed by atoms with Gasteiger partial charge in [-0.1, -0.05) is 46.1 Å². The van der Waals surface area contributed by atoms with E-state index in [1.54, 1.807) is 0 Å². The molecule has 2 amide bonds. The highest BCUT2D eigenvalue weighted by molar-refractivity contribution is 6.74. The average molecular weight is 582 g/mol. The molecule has 0 N–H and O–H groups in total. The molecule has 2 aliphatic heterocycles. The highest BCUT2D eigenvalue weighted by Crippen LogP contribution is 2.40. The number of Topliss-reactive ketones (excluding diaryl/α,β-unsaturated/α-hetero) is 1. The van der Waals surface area contributed by atoms with Crippen molar-refractivity contribution in [3.8, 4) is 0 Å². The van der Waals surface area contributed by atoms with Crippen molar-refractivity contribution in [2.45, 2.75) is 89.9 Å². The first-order chi connectivity index (χ1) is 18.6. The standard InChI is InChI=1S/C28H43NO10Si/c1-10-13-36-26(33)25(32)29-21(20(24(29)31)18(4)38-27(34)37-14-11-2)23-22(30)19(12-15-35-23)16-17(3)39-40(8,9)28(5,6)7/h10-11,17-21,23H,1-2,12-16H2,3-9H3/t17-,18+,19+,20+,21-,23+/m0/s1. The van der Waals surface area contributed by atoms with Gasteiger partial charge in [-0.3, -0.25) is 19.3 Å². The number of hydrogen-bond acceptors (Lipinski definition) is 10. The molecule has 0 spiro atoms. The van der Waals surface area contributed by atoms with Crippen molar-refractivity contribution < 1.29 is 47.3 Å². The van der Waals surface area contributed by atoms with Gasteiger partial charge >= 0.3 is 18.0 Å². The second-order valence-electron chi connectivity index (χ2n) is 11.7. The zero-order chi connectivity index (χ0) is 30.4. The number of rotatable bonds is 11. The summed E-state index contributed by atoms with van der Waals surface area (Å²) in [4.78, 5) is 64.8. The third-order valence-corrected chi connectivity index (χ3v) is 12.3. The van der Waals surface area contributed by atoms with Crippen LogP contribution in [0.15, 0.2) is 25.3 Å². The minimum atomic E-state index is -2.08. The Bertz CT molecular complexity index is 1000. The fraction of sp³-hybridized carbons (Fsp3) is 0.679. The molecule has 0 unspecified atom stereocenters. The summed E-state index contributed by atoms with van der Waals surface area (Å²) in [7, 11) is -2.08. The number of likely N-dealkylation sites (tertiary alicyclic amines) is 1. The molecular weight excluding hydrogens is 538 g/mol. The molecule has 0 radical (unpaired) electrons. The Morgan fingerprint density at radius 1 is 1.10 bits per heavy atom. The van der Waals surface area contributed by atoms with Gasteiger partial charge in [0.1, 0.15) is 25.4 Å². The van der Waals surface area contributed by atoms with E-state index in [9.17, 15) is 24.0 Å². The van der Waals surface area contributed by atoms with Crippen LogP contribution in [0.25, 0.3) is 0 Å². The van der Waals surface area contributed by atoms with Gasteiger partial charge in [-0.15, -0.1) is 0 Å². The Labute approximate surface area is 237 Å². The summed E-state index contributed by atoms with van der Waals surface area (Å²) in [5, 5.41) is -0.00692. The van der Waals surface area contributed by atoms with Crippen LogP contribution in [-0.2, 0) is 42.6 Å². The van der Waals surface area contributed by atoms with Crippen LogP contribution in [0, 0.1) is 11.8 Å². The maximum atomic E-state index is 13.7. The highest BCUT2D eigenvalue weighted by atomic mass is 28.4. The van der Waals surface area contributed by atoms with Gasteiger partial charge in [-0.25, -0.2) is 9.59 Å². The van der Waals surface area contributed by atoms with Gasteiger partial charge in [0.2, 0.25) is 5.91 Å². The number of carbonyl (C=O) groups excluding carboxylic acids is 5. The van der Waals surface area contributed by atoms with Crippen molar-refractivity contribution in [1.82, 2.24) is 4.90 Å². The van der Waals surface area contributed by atoms with Crippen LogP contribution < -0.4 is 0 Å². The fourth-order valence-electron chi connectivity index (χ4n) is 4.67. The highest BCUT2D eigenvalue weighted by Gasteiger charge is 2.61. The van der Waals surface area contributed by atoms with Crippen molar-refractivity contribution in [3.05, 3.63) is 25.3 Å². The summed E-state index contributed by atoms with van der Waals surface area (Å²) >= 11 is 0. The van der Waals surface area contributed by atoms with E-state index in [1.165, 1.54) is 19.1 Å². The molecule has 2 rings (SSSR count). The van der Waals surface area contributed by atoms with Gasteiger partial charge in [0.25, 0.3) is 0 Å². The van der Waals surface area contributed by atoms with Gasteiger partial charge in [-0.2, -0.15) is 0 Å². The van der Waals surface area contributed by atoms with E-state index in [2.05, 4.69) is 47.0 Å². The van der Waals surface area contributed by atoms with Gasteiger partial charge in [-0.05, 0) is 44.8 Å². The molecule has 2 aliphatic rings. The zero-order valence-electron chi connectivity index (χ0n) is 24.6. The number of ketones is 1. The summed E-state index contributed by atoms with van der Waals surface area (Å²) in [5.41, 5.74) is 0. The van der Waals surface area contributed by atoms with Gasteiger partial charge in [0.15, 0.2) is 14.1 Å². The quantitative estimate of drug-likeness (QED) is 0.117. The lowest BCUT2D eigenvalue weighted by atomic mass is 9.75. The number of hydrogen-bond donors (Lipinski definition) is 0. The third kappa shape index (κ3) is 7.67. The van der Waals surface area contributed by atoms with E-state index < -0.39 is 62.3 Å². The summed E-state index contributed by atoms with van der Waals surface area (Å²) in [6.07, 6.45) is -0.0378. The van der Waals surface area contributed by atoms with Crippen molar-refractivity contribution in [1.29, 1.82) is 0 Å². The predicted octanol–water partition coefficient (Wildman–Crippen LogP) is 3.57. The molecule has 12 heteroatoms. The molecule has 2 saturated heterocycles. The van der Waals surface area contributed by atoms with Gasteiger partial charge in [0, 0.05) is 18.6 Å². The molecular formula is C28H43NO10Si. The van der Waals surface area contributed by atoms with Crippen LogP contribution in [0.5, 0.6) is 0 Å². The van der Waals surface area contributed by atoms with E-state index >= 15 is 0 Å². The smallest absolute Gasteiger partial charge is 0.454 e. The molecule has 0 aromatic carbocycles. The number of amides is 2. The molecule has 224 valence electrons. The molecule has 0 saturated carbocycles. The molecule has 2 fully saturated rings. The molecule has 40 heavy (non-hydrogen) atoms. The zero-order valence-corrected chi connectivity index (χ0v) is 25.6. The lowest BCUT2D eigenvalue weighted by Crippen LogP contribution is -2.73. The van der Waals surface area contributed by atoms with Gasteiger partial charge in [0.05, 0.1) is 12.0 Å². The monoisotopic (exact) mass is 581 g/mol. The minimum Gasteiger partial charge on any atom is -0.454 e. The Morgan fingerprint density at radius 3 is 2.27 bits per heavy atom. The van der Waals surface area contributed by atoms with Crippen LogP contribution in [0.4, 0.5) is 4.79 Å². The summed E-state index contributed by atoms with van der Waals surface area (Å²) < 4.78 is 27.2. The SMILES string of the molecule is C=CCOC(=O)O[C@H](C)[C@H]1C(=O)N(C(=O)C(=O)OCC=C)[C@@H]1[C@H]1OCC[C@H](C[C@H](C)O[Si](C)(C)C(C)(C)C)C1=O. The first-order valence-corrected chi connectivity index (χ1v) is 16.4. The van der Waals surface area contributed by atoms with Crippen LogP contribution in [0.3, 0.4) is 0 Å². The maximum Gasteiger partial charge on any atom is 0.508 e. The van der Waals surface area contributed by atoms with Crippen molar-refractivity contribution in [3.63, 3.8) is 0 Å². The Hall–Kier alpha value is -2.83. The van der Waals surface area contributed by atoms with E-state index in [4.69, 9.17) is 23.4 Å². The Morgan fingerprint density at radius 2 is 1.70 bits per heavy atom. The molecule has 0 aliphatic carbocycles. The first-order valence-electron chi connectivity index (χ1n) is 13.5. The third-order valence-electron chi connectivity index (χ3n) is 7.70. The maximum absolute atomic E-state index is 13.7. The van der Waals surface area contributed by atoms with Crippen LogP contribution >= 0.6 is 0 Å².